The van der Waals surface area contributed by atoms with Crippen molar-refractivity contribution in [1.82, 2.24) is 15.5 Å². The van der Waals surface area contributed by atoms with Crippen LogP contribution in [0.5, 0.6) is 0 Å². The summed E-state index contributed by atoms with van der Waals surface area (Å²) in [6.07, 6.45) is 6.22. The van der Waals surface area contributed by atoms with E-state index in [9.17, 15) is 5.11 Å². The summed E-state index contributed by atoms with van der Waals surface area (Å²) in [5.41, 5.74) is 0.218. The molecule has 0 spiro atoms. The maximum absolute atomic E-state index is 9.42. The van der Waals surface area contributed by atoms with Gasteiger partial charge >= 0.3 is 0 Å². The van der Waals surface area contributed by atoms with Crippen LogP contribution in [-0.4, -0.2) is 60.8 Å². The number of aliphatic hydroxyl groups is 1. The molecule has 0 bridgehead atoms. The van der Waals surface area contributed by atoms with Crippen molar-refractivity contribution in [1.29, 1.82) is 0 Å². The van der Waals surface area contributed by atoms with Crippen LogP contribution in [0.1, 0.15) is 52.9 Å². The SMILES string of the molecule is CCNC(=NCC(C)(C)N1CCCCC1)NCC1(CO)CC1.I. The van der Waals surface area contributed by atoms with Crippen LogP contribution in [0.25, 0.3) is 0 Å². The Balaban J connectivity index is 0.00000264. The van der Waals surface area contributed by atoms with Crippen molar-refractivity contribution in [3.05, 3.63) is 0 Å². The monoisotopic (exact) mass is 438 g/mol. The average molecular weight is 438 g/mol. The van der Waals surface area contributed by atoms with Gasteiger partial charge in [0.1, 0.15) is 0 Å². The number of hydrogen-bond acceptors (Lipinski definition) is 3. The minimum atomic E-state index is 0. The fourth-order valence-electron chi connectivity index (χ4n) is 3.05. The van der Waals surface area contributed by atoms with Crippen molar-refractivity contribution >= 4 is 29.9 Å². The van der Waals surface area contributed by atoms with E-state index in [0.29, 0.717) is 0 Å². The van der Waals surface area contributed by atoms with Gasteiger partial charge in [-0.2, -0.15) is 0 Å². The first-order valence-electron chi connectivity index (χ1n) is 8.89. The Kier molecular flexibility index (Phi) is 8.58. The van der Waals surface area contributed by atoms with E-state index in [2.05, 4.69) is 36.3 Å². The zero-order valence-electron chi connectivity index (χ0n) is 15.0. The van der Waals surface area contributed by atoms with Crippen LogP contribution < -0.4 is 10.6 Å². The number of aliphatic hydroxyl groups excluding tert-OH is 1. The number of nitrogens with one attached hydrogen (secondary N) is 2. The molecule has 0 aromatic rings. The van der Waals surface area contributed by atoms with Crippen LogP contribution in [0, 0.1) is 5.41 Å². The average Bonchev–Trinajstić information content (AvgIpc) is 3.32. The molecular weight excluding hydrogens is 403 g/mol. The van der Waals surface area contributed by atoms with Gasteiger partial charge < -0.3 is 15.7 Å². The number of aliphatic imine (C=N–C) groups is 1. The first kappa shape index (κ1) is 21.0. The molecule has 0 aromatic heterocycles. The van der Waals surface area contributed by atoms with Crippen molar-refractivity contribution < 1.29 is 5.11 Å². The second kappa shape index (κ2) is 9.42. The lowest BCUT2D eigenvalue weighted by Crippen LogP contribution is -2.50. The number of likely N-dealkylation sites (tertiary alicyclic amines) is 1. The molecule has 23 heavy (non-hydrogen) atoms. The summed E-state index contributed by atoms with van der Waals surface area (Å²) in [4.78, 5) is 7.37. The molecule has 2 rings (SSSR count). The maximum atomic E-state index is 9.42. The predicted molar refractivity (Wildman–Crippen MR) is 108 cm³/mol. The summed E-state index contributed by atoms with van der Waals surface area (Å²) in [5, 5.41) is 16.2. The molecule has 1 saturated carbocycles. The lowest BCUT2D eigenvalue weighted by molar-refractivity contribution is 0.102. The van der Waals surface area contributed by atoms with Crippen LogP contribution in [0.3, 0.4) is 0 Å². The highest BCUT2D eigenvalue weighted by molar-refractivity contribution is 14.0. The van der Waals surface area contributed by atoms with Gasteiger partial charge in [0.25, 0.3) is 0 Å². The molecule has 2 aliphatic rings. The summed E-state index contributed by atoms with van der Waals surface area (Å²) in [7, 11) is 0. The second-order valence-electron chi connectivity index (χ2n) is 7.57. The molecule has 1 aliphatic carbocycles. The van der Waals surface area contributed by atoms with Gasteiger partial charge in [0.15, 0.2) is 5.96 Å². The largest absolute Gasteiger partial charge is 0.396 e. The van der Waals surface area contributed by atoms with Crippen LogP contribution >= 0.6 is 24.0 Å². The van der Waals surface area contributed by atoms with Crippen molar-refractivity contribution in [2.75, 3.05) is 39.3 Å². The Bertz CT molecular complexity index is 377. The maximum Gasteiger partial charge on any atom is 0.191 e. The zero-order chi connectivity index (χ0) is 16.1. The van der Waals surface area contributed by atoms with E-state index in [1.165, 1.54) is 32.4 Å². The smallest absolute Gasteiger partial charge is 0.191 e. The third-order valence-electron chi connectivity index (χ3n) is 5.10. The summed E-state index contributed by atoms with van der Waals surface area (Å²) >= 11 is 0. The van der Waals surface area contributed by atoms with Gasteiger partial charge in [-0.05, 0) is 59.5 Å². The fraction of sp³-hybridized carbons (Fsp3) is 0.941. The van der Waals surface area contributed by atoms with Crippen LogP contribution in [0.15, 0.2) is 4.99 Å². The molecular formula is C17H35IN4O. The highest BCUT2D eigenvalue weighted by Gasteiger charge is 2.41. The van der Waals surface area contributed by atoms with Crippen LogP contribution in [0.2, 0.25) is 0 Å². The predicted octanol–water partition coefficient (Wildman–Crippen LogP) is 2.20. The zero-order valence-corrected chi connectivity index (χ0v) is 17.4. The molecule has 6 heteroatoms. The first-order valence-corrected chi connectivity index (χ1v) is 8.89. The first-order chi connectivity index (χ1) is 10.5. The molecule has 1 heterocycles. The van der Waals surface area contributed by atoms with E-state index >= 15 is 0 Å². The van der Waals surface area contributed by atoms with E-state index in [0.717, 1.165) is 38.4 Å². The van der Waals surface area contributed by atoms with Crippen molar-refractivity contribution in [3.63, 3.8) is 0 Å². The minimum absolute atomic E-state index is 0. The molecule has 0 amide bonds. The number of nitrogens with zero attached hydrogens (tertiary/aromatic N) is 2. The van der Waals surface area contributed by atoms with Crippen molar-refractivity contribution in [3.8, 4) is 0 Å². The summed E-state index contributed by atoms with van der Waals surface area (Å²) in [6, 6.07) is 0. The van der Waals surface area contributed by atoms with Gasteiger partial charge in [-0.1, -0.05) is 6.42 Å². The topological polar surface area (TPSA) is 59.9 Å². The van der Waals surface area contributed by atoms with Crippen LogP contribution in [0.4, 0.5) is 0 Å². The summed E-state index contributed by atoms with van der Waals surface area (Å²) in [5.74, 6) is 0.882. The third kappa shape index (κ3) is 6.38. The molecule has 2 fully saturated rings. The molecule has 0 unspecified atom stereocenters. The van der Waals surface area contributed by atoms with Gasteiger partial charge in [-0.15, -0.1) is 24.0 Å². The molecule has 1 saturated heterocycles. The third-order valence-corrected chi connectivity index (χ3v) is 5.10. The lowest BCUT2D eigenvalue weighted by Gasteiger charge is -2.40. The van der Waals surface area contributed by atoms with Crippen molar-refractivity contribution in [2.45, 2.75) is 58.4 Å². The fourth-order valence-corrected chi connectivity index (χ4v) is 3.05. The number of hydrogen-bond donors (Lipinski definition) is 3. The van der Waals surface area contributed by atoms with E-state index in [4.69, 9.17) is 4.99 Å². The quantitative estimate of drug-likeness (QED) is 0.324. The standard InChI is InChI=1S/C17H34N4O.HI/c1-4-18-15(20-13-17(14-22)8-9-17)19-12-16(2,3)21-10-6-5-7-11-21;/h22H,4-14H2,1-3H3,(H2,18,19,20);1H. The lowest BCUT2D eigenvalue weighted by atomic mass is 9.99. The molecule has 3 N–H and O–H groups in total. The number of piperidine rings is 1. The van der Waals surface area contributed by atoms with Gasteiger partial charge in [0.2, 0.25) is 0 Å². The normalized spacial score (nSPS) is 21.5. The van der Waals surface area contributed by atoms with Gasteiger partial charge in [0.05, 0.1) is 13.2 Å². The number of rotatable bonds is 7. The Morgan fingerprint density at radius 2 is 1.83 bits per heavy atom. The molecule has 5 nitrogen and oxygen atoms in total. The number of guanidine groups is 1. The molecule has 0 aromatic carbocycles. The Hall–Kier alpha value is -0.0800. The number of halogens is 1. The molecule has 0 radical (unpaired) electrons. The Morgan fingerprint density at radius 3 is 2.35 bits per heavy atom. The Labute approximate surface area is 158 Å². The molecule has 0 atom stereocenters. The summed E-state index contributed by atoms with van der Waals surface area (Å²) < 4.78 is 0. The van der Waals surface area contributed by atoms with Gasteiger partial charge in [-0.25, -0.2) is 0 Å². The highest BCUT2D eigenvalue weighted by atomic mass is 127. The second-order valence-corrected chi connectivity index (χ2v) is 7.57. The summed E-state index contributed by atoms with van der Waals surface area (Å²) in [6.45, 7) is 11.8. The Morgan fingerprint density at radius 1 is 1.17 bits per heavy atom. The van der Waals surface area contributed by atoms with Crippen LogP contribution in [-0.2, 0) is 0 Å². The van der Waals surface area contributed by atoms with Crippen molar-refractivity contribution in [2.24, 2.45) is 10.4 Å². The molecule has 136 valence electrons. The highest BCUT2D eigenvalue weighted by Crippen LogP contribution is 2.44. The van der Waals surface area contributed by atoms with E-state index in [1.807, 2.05) is 0 Å². The van der Waals surface area contributed by atoms with E-state index < -0.39 is 0 Å². The minimum Gasteiger partial charge on any atom is -0.396 e. The van der Waals surface area contributed by atoms with Gasteiger partial charge in [-0.3, -0.25) is 9.89 Å². The van der Waals surface area contributed by atoms with E-state index in [1.54, 1.807) is 0 Å². The van der Waals surface area contributed by atoms with Gasteiger partial charge in [0, 0.05) is 24.0 Å². The van der Waals surface area contributed by atoms with E-state index in [-0.39, 0.29) is 41.5 Å². The molecule has 1 aliphatic heterocycles.